The van der Waals surface area contributed by atoms with E-state index in [0.29, 0.717) is 42.9 Å². The van der Waals surface area contributed by atoms with Crippen molar-refractivity contribution in [2.75, 3.05) is 32.8 Å². The molecule has 0 radical (unpaired) electrons. The van der Waals surface area contributed by atoms with E-state index in [2.05, 4.69) is 6.92 Å². The second kappa shape index (κ2) is 11.1. The van der Waals surface area contributed by atoms with Gasteiger partial charge in [0.15, 0.2) is 5.17 Å². The number of amides is 2. The van der Waals surface area contributed by atoms with Gasteiger partial charge >= 0.3 is 0 Å². The molecule has 36 heavy (non-hydrogen) atoms. The second-order valence-corrected chi connectivity index (χ2v) is 9.88. The summed E-state index contributed by atoms with van der Waals surface area (Å²) in [6.45, 7) is 5.42. The Labute approximate surface area is 215 Å². The van der Waals surface area contributed by atoms with Crippen molar-refractivity contribution in [2.24, 2.45) is 4.99 Å². The minimum absolute atomic E-state index is 0.0237. The molecule has 2 aliphatic rings. The van der Waals surface area contributed by atoms with Gasteiger partial charge in [0.2, 0.25) is 5.91 Å². The van der Waals surface area contributed by atoms with Crippen LogP contribution in [-0.2, 0) is 20.9 Å². The van der Waals surface area contributed by atoms with Crippen LogP contribution in [0.4, 0.5) is 5.69 Å². The maximum atomic E-state index is 13.4. The molecular formula is C28H30N4O3S. The number of amidine groups is 1. The van der Waals surface area contributed by atoms with Crippen molar-refractivity contribution in [3.8, 4) is 0 Å². The first-order chi connectivity index (χ1) is 17.6. The molecule has 0 unspecified atom stereocenters. The number of aromatic nitrogens is 1. The van der Waals surface area contributed by atoms with E-state index in [1.165, 1.54) is 11.8 Å². The number of rotatable bonds is 7. The molecule has 1 aromatic heterocycles. The summed E-state index contributed by atoms with van der Waals surface area (Å²) in [4.78, 5) is 35.4. The number of ether oxygens (including phenoxy) is 1. The summed E-state index contributed by atoms with van der Waals surface area (Å²) in [6, 6.07) is 17.7. The zero-order chi connectivity index (χ0) is 24.9. The van der Waals surface area contributed by atoms with E-state index in [0.717, 1.165) is 35.0 Å². The van der Waals surface area contributed by atoms with Crippen molar-refractivity contribution < 1.29 is 14.3 Å². The summed E-state index contributed by atoms with van der Waals surface area (Å²) in [5.74, 6) is 0.0527. The Bertz CT molecular complexity index is 1310. The highest BCUT2D eigenvalue weighted by Crippen LogP contribution is 2.36. The molecule has 7 nitrogen and oxygen atoms in total. The number of aliphatic imine (C=N–C) groups is 1. The zero-order valence-corrected chi connectivity index (χ0v) is 21.2. The minimum atomic E-state index is -0.0237. The predicted octanol–water partition coefficient (Wildman–Crippen LogP) is 4.90. The van der Waals surface area contributed by atoms with E-state index in [4.69, 9.17) is 9.73 Å². The van der Waals surface area contributed by atoms with Crippen molar-refractivity contribution >= 4 is 51.4 Å². The van der Waals surface area contributed by atoms with Gasteiger partial charge in [-0.1, -0.05) is 49.7 Å². The van der Waals surface area contributed by atoms with Gasteiger partial charge in [-0.05, 0) is 42.5 Å². The van der Waals surface area contributed by atoms with Crippen molar-refractivity contribution in [1.29, 1.82) is 0 Å². The molecule has 186 valence electrons. The zero-order valence-electron chi connectivity index (χ0n) is 20.4. The van der Waals surface area contributed by atoms with Crippen LogP contribution in [0.3, 0.4) is 0 Å². The van der Waals surface area contributed by atoms with Gasteiger partial charge in [-0.25, -0.2) is 4.99 Å². The van der Waals surface area contributed by atoms with Crippen molar-refractivity contribution in [2.45, 2.75) is 26.3 Å². The third-order valence-corrected chi connectivity index (χ3v) is 7.39. The molecule has 0 N–H and O–H groups in total. The molecule has 2 saturated heterocycles. The van der Waals surface area contributed by atoms with E-state index >= 15 is 0 Å². The highest BCUT2D eigenvalue weighted by molar-refractivity contribution is 8.18. The molecule has 0 bridgehead atoms. The fraction of sp³-hybridized carbons (Fsp3) is 0.321. The van der Waals surface area contributed by atoms with Gasteiger partial charge < -0.3 is 14.2 Å². The van der Waals surface area contributed by atoms with Crippen LogP contribution in [0.15, 0.2) is 70.7 Å². The fourth-order valence-corrected chi connectivity index (χ4v) is 5.45. The van der Waals surface area contributed by atoms with Crippen LogP contribution in [0.1, 0.15) is 25.3 Å². The number of hydrogen-bond acceptors (Lipinski definition) is 5. The quantitative estimate of drug-likeness (QED) is 0.431. The topological polar surface area (TPSA) is 67.1 Å². The lowest BCUT2D eigenvalue weighted by molar-refractivity contribution is -0.135. The summed E-state index contributed by atoms with van der Waals surface area (Å²) in [6.07, 6.45) is 5.83. The SMILES string of the molecule is CCCCN1C(=O)/C(=C/c2cn(CC(=O)N3CCOCC3)c3ccccc23)SC1=Nc1ccccc1. The number of nitrogens with zero attached hydrogens (tertiary/aromatic N) is 4. The van der Waals surface area contributed by atoms with Gasteiger partial charge in [0.05, 0.1) is 23.8 Å². The van der Waals surface area contributed by atoms with Crippen molar-refractivity contribution in [1.82, 2.24) is 14.4 Å². The first-order valence-electron chi connectivity index (χ1n) is 12.4. The number of hydrogen-bond donors (Lipinski definition) is 0. The number of fused-ring (bicyclic) bond motifs is 1. The summed E-state index contributed by atoms with van der Waals surface area (Å²) >= 11 is 1.41. The van der Waals surface area contributed by atoms with Crippen LogP contribution in [0.25, 0.3) is 17.0 Å². The number of unbranched alkanes of at least 4 members (excludes halogenated alkanes) is 1. The molecule has 5 rings (SSSR count). The standard InChI is InChI=1S/C28H30N4O3S/c1-2-3-13-32-27(34)25(36-28(32)29-22-9-5-4-6-10-22)18-21-19-31(24-12-8-7-11-23(21)24)20-26(33)30-14-16-35-17-15-30/h4-12,18-19H,2-3,13-17,20H2,1H3/b25-18-,29-28?. The highest BCUT2D eigenvalue weighted by Gasteiger charge is 2.33. The van der Waals surface area contributed by atoms with Gasteiger partial charge in [0, 0.05) is 42.3 Å². The number of morpholine rings is 1. The molecule has 3 heterocycles. The molecule has 2 aliphatic heterocycles. The highest BCUT2D eigenvalue weighted by atomic mass is 32.2. The maximum absolute atomic E-state index is 13.4. The molecule has 0 aliphatic carbocycles. The van der Waals surface area contributed by atoms with Crippen LogP contribution >= 0.6 is 11.8 Å². The smallest absolute Gasteiger partial charge is 0.266 e. The Balaban J connectivity index is 1.46. The van der Waals surface area contributed by atoms with Gasteiger partial charge in [-0.3, -0.25) is 14.5 Å². The van der Waals surface area contributed by atoms with Crippen molar-refractivity contribution in [3.05, 3.63) is 71.3 Å². The first-order valence-corrected chi connectivity index (χ1v) is 13.2. The molecule has 2 amide bonds. The van der Waals surface area contributed by atoms with E-state index < -0.39 is 0 Å². The minimum Gasteiger partial charge on any atom is -0.378 e. The lowest BCUT2D eigenvalue weighted by Gasteiger charge is -2.27. The third-order valence-electron chi connectivity index (χ3n) is 6.38. The fourth-order valence-electron chi connectivity index (χ4n) is 4.44. The normalized spacial score (nSPS) is 18.6. The molecular weight excluding hydrogens is 472 g/mol. The Hall–Kier alpha value is -3.36. The number of carbonyl (C=O) groups is 2. The first kappa shape index (κ1) is 24.3. The average molecular weight is 503 g/mol. The molecule has 2 aromatic carbocycles. The second-order valence-electron chi connectivity index (χ2n) is 8.87. The van der Waals surface area contributed by atoms with E-state index in [1.54, 1.807) is 4.90 Å². The lowest BCUT2D eigenvalue weighted by Crippen LogP contribution is -2.42. The van der Waals surface area contributed by atoms with Gasteiger partial charge in [0.1, 0.15) is 6.54 Å². The third kappa shape index (κ3) is 5.24. The van der Waals surface area contributed by atoms with Crippen LogP contribution in [0.5, 0.6) is 0 Å². The summed E-state index contributed by atoms with van der Waals surface area (Å²) in [7, 11) is 0. The molecule has 0 atom stereocenters. The molecule has 0 saturated carbocycles. The number of carbonyl (C=O) groups excluding carboxylic acids is 2. The summed E-state index contributed by atoms with van der Waals surface area (Å²) in [5, 5.41) is 1.72. The van der Waals surface area contributed by atoms with E-state index in [9.17, 15) is 9.59 Å². The molecule has 0 spiro atoms. The Kier molecular flexibility index (Phi) is 7.53. The Morgan fingerprint density at radius 2 is 1.83 bits per heavy atom. The monoisotopic (exact) mass is 502 g/mol. The number of para-hydroxylation sites is 2. The number of thioether (sulfide) groups is 1. The van der Waals surface area contributed by atoms with Crippen molar-refractivity contribution in [3.63, 3.8) is 0 Å². The predicted molar refractivity (Wildman–Crippen MR) is 145 cm³/mol. The Morgan fingerprint density at radius 1 is 1.08 bits per heavy atom. The molecule has 8 heteroatoms. The Morgan fingerprint density at radius 3 is 2.61 bits per heavy atom. The largest absolute Gasteiger partial charge is 0.378 e. The molecule has 2 fully saturated rings. The lowest BCUT2D eigenvalue weighted by atomic mass is 10.1. The van der Waals surface area contributed by atoms with Gasteiger partial charge in [-0.15, -0.1) is 0 Å². The van der Waals surface area contributed by atoms with Gasteiger partial charge in [-0.2, -0.15) is 0 Å². The van der Waals surface area contributed by atoms with E-state index in [1.807, 2.05) is 76.3 Å². The number of benzene rings is 2. The maximum Gasteiger partial charge on any atom is 0.266 e. The van der Waals surface area contributed by atoms with E-state index in [-0.39, 0.29) is 18.4 Å². The van der Waals surface area contributed by atoms with Crippen LogP contribution in [-0.4, -0.2) is 64.2 Å². The average Bonchev–Trinajstić information content (AvgIpc) is 3.40. The van der Waals surface area contributed by atoms with Crippen LogP contribution < -0.4 is 0 Å². The summed E-state index contributed by atoms with van der Waals surface area (Å²) in [5.41, 5.74) is 2.73. The summed E-state index contributed by atoms with van der Waals surface area (Å²) < 4.78 is 7.37. The molecule has 3 aromatic rings. The van der Waals surface area contributed by atoms with Crippen LogP contribution in [0.2, 0.25) is 0 Å². The van der Waals surface area contributed by atoms with Gasteiger partial charge in [0.25, 0.3) is 5.91 Å². The van der Waals surface area contributed by atoms with Crippen LogP contribution in [0, 0.1) is 0 Å².